The standard InChI is InChI=1S/C16H15N7/c1-11-8-12(2)20-16(19-11)23(3)15-6-4-13(5-7-15)21-22-14(9-17)10-18/h4-8,21H,1-3H3. The van der Waals surface area contributed by atoms with Crippen molar-refractivity contribution in [3.8, 4) is 12.1 Å². The summed E-state index contributed by atoms with van der Waals surface area (Å²) in [5.74, 6) is 0.623. The second kappa shape index (κ2) is 7.01. The molecule has 0 saturated carbocycles. The third-order valence-corrected chi connectivity index (χ3v) is 3.03. The Kier molecular flexibility index (Phi) is 4.85. The fourth-order valence-corrected chi connectivity index (χ4v) is 1.93. The van der Waals surface area contributed by atoms with Crippen molar-refractivity contribution in [2.24, 2.45) is 5.10 Å². The zero-order valence-corrected chi connectivity index (χ0v) is 13.1. The first-order valence-electron chi connectivity index (χ1n) is 6.83. The van der Waals surface area contributed by atoms with Crippen LogP contribution in [0, 0.1) is 36.5 Å². The molecular weight excluding hydrogens is 290 g/mol. The average molecular weight is 305 g/mol. The van der Waals surface area contributed by atoms with Gasteiger partial charge in [-0.15, -0.1) is 0 Å². The van der Waals surface area contributed by atoms with Gasteiger partial charge in [0.2, 0.25) is 11.7 Å². The van der Waals surface area contributed by atoms with E-state index in [1.54, 1.807) is 24.3 Å². The summed E-state index contributed by atoms with van der Waals surface area (Å²) in [4.78, 5) is 10.7. The molecule has 0 unspecified atom stereocenters. The normalized spacial score (nSPS) is 9.43. The van der Waals surface area contributed by atoms with Gasteiger partial charge in [-0.3, -0.25) is 5.43 Å². The van der Waals surface area contributed by atoms with Crippen LogP contribution in [0.3, 0.4) is 0 Å². The van der Waals surface area contributed by atoms with Crippen molar-refractivity contribution in [1.82, 2.24) is 9.97 Å². The molecule has 1 N–H and O–H groups in total. The Bertz CT molecular complexity index is 774. The van der Waals surface area contributed by atoms with E-state index < -0.39 is 0 Å². The number of aromatic nitrogens is 2. The van der Waals surface area contributed by atoms with Crippen LogP contribution < -0.4 is 10.3 Å². The van der Waals surface area contributed by atoms with Gasteiger partial charge in [-0.05, 0) is 44.2 Å². The van der Waals surface area contributed by atoms with E-state index in [1.807, 2.05) is 44.0 Å². The van der Waals surface area contributed by atoms with E-state index in [-0.39, 0.29) is 5.71 Å². The highest BCUT2D eigenvalue weighted by Gasteiger charge is 2.08. The third kappa shape index (κ3) is 4.02. The van der Waals surface area contributed by atoms with Gasteiger partial charge < -0.3 is 4.90 Å². The Balaban J connectivity index is 2.18. The molecule has 0 aliphatic carbocycles. The third-order valence-electron chi connectivity index (χ3n) is 3.03. The monoisotopic (exact) mass is 305 g/mol. The van der Waals surface area contributed by atoms with Gasteiger partial charge in [0.05, 0.1) is 5.69 Å². The first-order chi connectivity index (χ1) is 11.0. The molecule has 0 saturated heterocycles. The molecule has 0 amide bonds. The van der Waals surface area contributed by atoms with E-state index in [0.29, 0.717) is 11.6 Å². The zero-order valence-electron chi connectivity index (χ0n) is 13.1. The summed E-state index contributed by atoms with van der Waals surface area (Å²) in [7, 11) is 1.89. The predicted molar refractivity (Wildman–Crippen MR) is 88.3 cm³/mol. The van der Waals surface area contributed by atoms with Gasteiger partial charge in [0.15, 0.2) is 0 Å². The number of nitrogens with zero attached hydrogens (tertiary/aromatic N) is 6. The van der Waals surface area contributed by atoms with E-state index in [0.717, 1.165) is 17.1 Å². The lowest BCUT2D eigenvalue weighted by atomic mass is 10.2. The second-order valence-electron chi connectivity index (χ2n) is 4.85. The van der Waals surface area contributed by atoms with Crippen molar-refractivity contribution >= 4 is 23.0 Å². The minimum atomic E-state index is -0.227. The van der Waals surface area contributed by atoms with Crippen LogP contribution in [-0.2, 0) is 0 Å². The lowest BCUT2D eigenvalue weighted by Gasteiger charge is -2.18. The maximum atomic E-state index is 8.63. The van der Waals surface area contributed by atoms with Crippen molar-refractivity contribution in [3.63, 3.8) is 0 Å². The molecule has 2 aromatic rings. The molecule has 0 aliphatic heterocycles. The highest BCUT2D eigenvalue weighted by molar-refractivity contribution is 6.10. The van der Waals surface area contributed by atoms with Gasteiger partial charge >= 0.3 is 0 Å². The Morgan fingerprint density at radius 1 is 1.09 bits per heavy atom. The zero-order chi connectivity index (χ0) is 16.8. The maximum absolute atomic E-state index is 8.63. The molecule has 0 aliphatic rings. The first kappa shape index (κ1) is 15.9. The number of hydrogen-bond acceptors (Lipinski definition) is 7. The fourth-order valence-electron chi connectivity index (χ4n) is 1.93. The van der Waals surface area contributed by atoms with Crippen molar-refractivity contribution in [2.75, 3.05) is 17.4 Å². The smallest absolute Gasteiger partial charge is 0.237 e. The van der Waals surface area contributed by atoms with Crippen LogP contribution in [0.1, 0.15) is 11.4 Å². The number of aryl methyl sites for hydroxylation is 2. The molecule has 1 heterocycles. The summed E-state index contributed by atoms with van der Waals surface area (Å²) in [6, 6.07) is 12.6. The highest BCUT2D eigenvalue weighted by atomic mass is 15.3. The molecule has 0 bridgehead atoms. The van der Waals surface area contributed by atoms with Crippen molar-refractivity contribution in [1.29, 1.82) is 10.5 Å². The minimum Gasteiger partial charge on any atom is -0.314 e. The number of anilines is 3. The Morgan fingerprint density at radius 2 is 1.65 bits per heavy atom. The molecular formula is C16H15N7. The SMILES string of the molecule is Cc1cc(C)nc(N(C)c2ccc(NN=C(C#N)C#N)cc2)n1. The number of hydrogen-bond donors (Lipinski definition) is 1. The molecule has 0 atom stereocenters. The topological polar surface area (TPSA) is 101 Å². The summed E-state index contributed by atoms with van der Waals surface area (Å²) in [6.45, 7) is 3.86. The Morgan fingerprint density at radius 3 is 2.17 bits per heavy atom. The van der Waals surface area contributed by atoms with Gasteiger partial charge in [-0.2, -0.15) is 15.6 Å². The molecule has 7 heteroatoms. The number of rotatable bonds is 4. The van der Waals surface area contributed by atoms with E-state index in [9.17, 15) is 0 Å². The van der Waals surface area contributed by atoms with Gasteiger partial charge in [-0.1, -0.05) is 0 Å². The van der Waals surface area contributed by atoms with Crippen molar-refractivity contribution in [3.05, 3.63) is 41.7 Å². The van der Waals surface area contributed by atoms with E-state index in [2.05, 4.69) is 20.5 Å². The molecule has 7 nitrogen and oxygen atoms in total. The van der Waals surface area contributed by atoms with E-state index in [1.165, 1.54) is 0 Å². The second-order valence-corrected chi connectivity index (χ2v) is 4.85. The maximum Gasteiger partial charge on any atom is 0.237 e. The van der Waals surface area contributed by atoms with Crippen LogP contribution in [0.25, 0.3) is 0 Å². The molecule has 114 valence electrons. The van der Waals surface area contributed by atoms with Crippen LogP contribution in [0.5, 0.6) is 0 Å². The quantitative estimate of drug-likeness (QED) is 0.688. The highest BCUT2D eigenvalue weighted by Crippen LogP contribution is 2.22. The molecule has 0 fully saturated rings. The largest absolute Gasteiger partial charge is 0.314 e. The van der Waals surface area contributed by atoms with Crippen LogP contribution in [0.4, 0.5) is 17.3 Å². The summed E-state index contributed by atoms with van der Waals surface area (Å²) in [5, 5.41) is 20.9. The van der Waals surface area contributed by atoms with Crippen molar-refractivity contribution < 1.29 is 0 Å². The van der Waals surface area contributed by atoms with Crippen LogP contribution in [-0.4, -0.2) is 22.7 Å². The lowest BCUT2D eigenvalue weighted by Crippen LogP contribution is -2.14. The molecule has 2 rings (SSSR count). The van der Waals surface area contributed by atoms with Gasteiger partial charge in [0.1, 0.15) is 12.1 Å². The van der Waals surface area contributed by atoms with Gasteiger partial charge in [0, 0.05) is 24.1 Å². The number of benzene rings is 1. The average Bonchev–Trinajstić information content (AvgIpc) is 2.55. The predicted octanol–water partition coefficient (Wildman–Crippen LogP) is 2.68. The Labute approximate surface area is 134 Å². The minimum absolute atomic E-state index is 0.227. The number of nitrogens with one attached hydrogen (secondary N) is 1. The van der Waals surface area contributed by atoms with Crippen LogP contribution in [0.15, 0.2) is 35.4 Å². The van der Waals surface area contributed by atoms with Gasteiger partial charge in [0.25, 0.3) is 0 Å². The molecule has 0 radical (unpaired) electrons. The fraction of sp³-hybridized carbons (Fsp3) is 0.188. The summed E-state index contributed by atoms with van der Waals surface area (Å²) < 4.78 is 0. The molecule has 0 spiro atoms. The summed E-state index contributed by atoms with van der Waals surface area (Å²) >= 11 is 0. The first-order valence-corrected chi connectivity index (χ1v) is 6.83. The van der Waals surface area contributed by atoms with Gasteiger partial charge in [-0.25, -0.2) is 9.97 Å². The molecule has 1 aromatic heterocycles. The van der Waals surface area contributed by atoms with E-state index >= 15 is 0 Å². The Hall–Kier alpha value is -3.45. The summed E-state index contributed by atoms with van der Waals surface area (Å²) in [5.41, 5.74) is 5.84. The summed E-state index contributed by atoms with van der Waals surface area (Å²) in [6.07, 6.45) is 0. The van der Waals surface area contributed by atoms with Crippen LogP contribution in [0.2, 0.25) is 0 Å². The van der Waals surface area contributed by atoms with Crippen molar-refractivity contribution in [2.45, 2.75) is 13.8 Å². The van der Waals surface area contributed by atoms with Crippen LogP contribution >= 0.6 is 0 Å². The lowest BCUT2D eigenvalue weighted by molar-refractivity contribution is 0.987. The number of hydrazone groups is 1. The van der Waals surface area contributed by atoms with E-state index in [4.69, 9.17) is 10.5 Å². The molecule has 23 heavy (non-hydrogen) atoms. The number of nitriles is 2. The molecule has 1 aromatic carbocycles.